The molecule has 0 spiro atoms. The van der Waals surface area contributed by atoms with Gasteiger partial charge in [-0.15, -0.1) is 0 Å². The van der Waals surface area contributed by atoms with Gasteiger partial charge in [-0.05, 0) is 58.8 Å². The smallest absolute Gasteiger partial charge is 0.185 e. The maximum absolute atomic E-state index is 12.7. The van der Waals surface area contributed by atoms with Gasteiger partial charge in [-0.1, -0.05) is 70.5 Å². The van der Waals surface area contributed by atoms with Crippen molar-refractivity contribution < 1.29 is 14.3 Å². The molecule has 0 aliphatic carbocycles. The molecule has 31 heavy (non-hydrogen) atoms. The van der Waals surface area contributed by atoms with Gasteiger partial charge in [0.1, 0.15) is 18.1 Å². The number of carbonyl (C=O) groups is 1. The molecule has 0 saturated carbocycles. The summed E-state index contributed by atoms with van der Waals surface area (Å²) in [6.07, 6.45) is 3.42. The van der Waals surface area contributed by atoms with Crippen LogP contribution in [0, 0.1) is 0 Å². The highest BCUT2D eigenvalue weighted by Gasteiger charge is 2.07. The van der Waals surface area contributed by atoms with Crippen LogP contribution in [0.3, 0.4) is 0 Å². The Kier molecular flexibility index (Phi) is 6.48. The third kappa shape index (κ3) is 5.22. The number of fused-ring (bicyclic) bond motifs is 1. The van der Waals surface area contributed by atoms with Gasteiger partial charge < -0.3 is 9.47 Å². The van der Waals surface area contributed by atoms with Crippen molar-refractivity contribution >= 4 is 38.6 Å². The monoisotopic (exact) mass is 472 g/mol. The second-order valence-electron chi connectivity index (χ2n) is 7.08. The van der Waals surface area contributed by atoms with E-state index in [9.17, 15) is 4.79 Å². The minimum absolute atomic E-state index is 0.0338. The van der Waals surface area contributed by atoms with Gasteiger partial charge in [0.15, 0.2) is 5.78 Å². The van der Waals surface area contributed by atoms with Crippen molar-refractivity contribution in [3.05, 3.63) is 112 Å². The molecule has 0 aromatic heterocycles. The van der Waals surface area contributed by atoms with Gasteiger partial charge in [0.2, 0.25) is 0 Å². The summed E-state index contributed by atoms with van der Waals surface area (Å²) in [5, 5.41) is 2.17. The average molecular weight is 473 g/mol. The van der Waals surface area contributed by atoms with Crippen LogP contribution >= 0.6 is 15.9 Å². The molecule has 4 aromatic carbocycles. The second kappa shape index (κ2) is 9.63. The first-order chi connectivity index (χ1) is 15.1. The molecule has 4 heteroatoms. The molecule has 0 unspecified atom stereocenters. The van der Waals surface area contributed by atoms with Crippen LogP contribution < -0.4 is 9.47 Å². The summed E-state index contributed by atoms with van der Waals surface area (Å²) in [5.41, 5.74) is 2.48. The van der Waals surface area contributed by atoms with Crippen LogP contribution in [0.2, 0.25) is 0 Å². The number of allylic oxidation sites excluding steroid dienone is 1. The Morgan fingerprint density at radius 2 is 1.74 bits per heavy atom. The standard InChI is InChI=1S/C27H21BrO3/c1-30-27-14-10-19(15-23(27)18-31-25-8-4-7-24(28)17-25)9-13-26(29)22-12-11-20-5-2-3-6-21(20)16-22/h2-17H,18H2,1H3/b13-9+. The molecule has 0 aliphatic heterocycles. The lowest BCUT2D eigenvalue weighted by molar-refractivity contribution is 0.104. The van der Waals surface area contributed by atoms with Crippen molar-refractivity contribution in [2.45, 2.75) is 6.61 Å². The van der Waals surface area contributed by atoms with E-state index < -0.39 is 0 Å². The molecule has 0 fully saturated rings. The Morgan fingerprint density at radius 3 is 2.55 bits per heavy atom. The average Bonchev–Trinajstić information content (AvgIpc) is 2.81. The molecule has 0 heterocycles. The molecule has 0 radical (unpaired) electrons. The number of rotatable bonds is 7. The van der Waals surface area contributed by atoms with Crippen LogP contribution in [0.25, 0.3) is 16.8 Å². The summed E-state index contributed by atoms with van der Waals surface area (Å²) in [6, 6.07) is 27.3. The molecule has 4 aromatic rings. The SMILES string of the molecule is COc1ccc(/C=C/C(=O)c2ccc3ccccc3c2)cc1COc1cccc(Br)c1. The van der Waals surface area contributed by atoms with E-state index in [1.54, 1.807) is 13.2 Å². The lowest BCUT2D eigenvalue weighted by atomic mass is 10.0. The van der Waals surface area contributed by atoms with Crippen molar-refractivity contribution in [3.63, 3.8) is 0 Å². The highest BCUT2D eigenvalue weighted by Crippen LogP contribution is 2.24. The molecule has 0 amide bonds. The molecular formula is C27H21BrO3. The lowest BCUT2D eigenvalue weighted by Gasteiger charge is -2.11. The summed E-state index contributed by atoms with van der Waals surface area (Å²) >= 11 is 3.45. The third-order valence-corrected chi connectivity index (χ3v) is 5.45. The first-order valence-corrected chi connectivity index (χ1v) is 10.7. The topological polar surface area (TPSA) is 35.5 Å². The lowest BCUT2D eigenvalue weighted by Crippen LogP contribution is -1.99. The van der Waals surface area contributed by atoms with Crippen molar-refractivity contribution in [3.8, 4) is 11.5 Å². The van der Waals surface area contributed by atoms with Gasteiger partial charge in [-0.3, -0.25) is 4.79 Å². The number of carbonyl (C=O) groups excluding carboxylic acids is 1. The minimum Gasteiger partial charge on any atom is -0.496 e. The molecular weight excluding hydrogens is 452 g/mol. The Hall–Kier alpha value is -3.37. The van der Waals surface area contributed by atoms with Crippen LogP contribution in [-0.2, 0) is 6.61 Å². The van der Waals surface area contributed by atoms with Gasteiger partial charge in [0.25, 0.3) is 0 Å². The van der Waals surface area contributed by atoms with Crippen LogP contribution in [-0.4, -0.2) is 12.9 Å². The number of ketones is 1. The number of halogens is 1. The van der Waals surface area contributed by atoms with Crippen molar-refractivity contribution in [2.24, 2.45) is 0 Å². The predicted octanol–water partition coefficient (Wildman–Crippen LogP) is 7.09. The fourth-order valence-electron chi connectivity index (χ4n) is 3.34. The predicted molar refractivity (Wildman–Crippen MR) is 129 cm³/mol. The van der Waals surface area contributed by atoms with Gasteiger partial charge >= 0.3 is 0 Å². The molecule has 0 atom stereocenters. The fraction of sp³-hybridized carbons (Fsp3) is 0.0741. The molecule has 0 aliphatic rings. The molecule has 3 nitrogen and oxygen atoms in total. The summed E-state index contributed by atoms with van der Waals surface area (Å²) < 4.78 is 12.3. The zero-order chi connectivity index (χ0) is 21.6. The van der Waals surface area contributed by atoms with E-state index in [0.717, 1.165) is 37.9 Å². The molecule has 4 rings (SSSR count). The number of benzene rings is 4. The van der Waals surface area contributed by atoms with E-state index in [4.69, 9.17) is 9.47 Å². The van der Waals surface area contributed by atoms with Gasteiger partial charge in [0, 0.05) is 15.6 Å². The Bertz CT molecular complexity index is 1260. The first kappa shape index (κ1) is 20.9. The molecule has 0 bridgehead atoms. The van der Waals surface area contributed by atoms with Gasteiger partial charge in [-0.25, -0.2) is 0 Å². The third-order valence-electron chi connectivity index (χ3n) is 4.96. The zero-order valence-corrected chi connectivity index (χ0v) is 18.6. The van der Waals surface area contributed by atoms with E-state index in [0.29, 0.717) is 12.2 Å². The zero-order valence-electron chi connectivity index (χ0n) is 17.0. The van der Waals surface area contributed by atoms with E-state index >= 15 is 0 Å². The van der Waals surface area contributed by atoms with Crippen molar-refractivity contribution in [1.29, 1.82) is 0 Å². The number of hydrogen-bond acceptors (Lipinski definition) is 3. The van der Waals surface area contributed by atoms with Crippen molar-refractivity contribution in [2.75, 3.05) is 7.11 Å². The Labute approximate surface area is 190 Å². The Morgan fingerprint density at radius 1 is 0.903 bits per heavy atom. The summed E-state index contributed by atoms with van der Waals surface area (Å²) in [6.45, 7) is 0.361. The quantitative estimate of drug-likeness (QED) is 0.212. The van der Waals surface area contributed by atoms with Crippen LogP contribution in [0.5, 0.6) is 11.5 Å². The normalized spacial score (nSPS) is 11.0. The van der Waals surface area contributed by atoms with Crippen LogP contribution in [0.1, 0.15) is 21.5 Å². The second-order valence-corrected chi connectivity index (χ2v) is 7.99. The summed E-state index contributed by atoms with van der Waals surface area (Å²) in [4.78, 5) is 12.7. The summed E-state index contributed by atoms with van der Waals surface area (Å²) in [5.74, 6) is 1.48. The van der Waals surface area contributed by atoms with E-state index in [-0.39, 0.29) is 5.78 Å². The maximum atomic E-state index is 12.7. The van der Waals surface area contributed by atoms with E-state index in [2.05, 4.69) is 15.9 Å². The van der Waals surface area contributed by atoms with E-state index in [1.807, 2.05) is 91.0 Å². The van der Waals surface area contributed by atoms with Crippen LogP contribution in [0.4, 0.5) is 0 Å². The molecule has 0 saturated heterocycles. The maximum Gasteiger partial charge on any atom is 0.185 e. The highest BCUT2D eigenvalue weighted by molar-refractivity contribution is 9.10. The molecule has 154 valence electrons. The number of methoxy groups -OCH3 is 1. The minimum atomic E-state index is -0.0338. The number of ether oxygens (including phenoxy) is 2. The summed E-state index contributed by atoms with van der Waals surface area (Å²) in [7, 11) is 1.64. The molecule has 0 N–H and O–H groups in total. The Balaban J connectivity index is 1.51. The van der Waals surface area contributed by atoms with E-state index in [1.165, 1.54) is 0 Å². The highest BCUT2D eigenvalue weighted by atomic mass is 79.9. The van der Waals surface area contributed by atoms with Crippen LogP contribution in [0.15, 0.2) is 95.5 Å². The van der Waals surface area contributed by atoms with Gasteiger partial charge in [0.05, 0.1) is 7.11 Å². The number of hydrogen-bond donors (Lipinski definition) is 0. The fourth-order valence-corrected chi connectivity index (χ4v) is 3.72. The van der Waals surface area contributed by atoms with Crippen molar-refractivity contribution in [1.82, 2.24) is 0 Å². The van der Waals surface area contributed by atoms with Gasteiger partial charge in [-0.2, -0.15) is 0 Å². The largest absolute Gasteiger partial charge is 0.496 e. The first-order valence-electron chi connectivity index (χ1n) is 9.89.